The van der Waals surface area contributed by atoms with E-state index in [2.05, 4.69) is 40.5 Å². The van der Waals surface area contributed by atoms with E-state index in [9.17, 15) is 0 Å². The molecule has 3 nitrogen and oxygen atoms in total. The van der Waals surface area contributed by atoms with Crippen molar-refractivity contribution >= 4 is 0 Å². The summed E-state index contributed by atoms with van der Waals surface area (Å²) in [7, 11) is 0. The van der Waals surface area contributed by atoms with E-state index >= 15 is 0 Å². The van der Waals surface area contributed by atoms with E-state index in [0.29, 0.717) is 6.04 Å². The molecule has 1 N–H and O–H groups in total. The molecule has 0 spiro atoms. The van der Waals surface area contributed by atoms with E-state index in [1.165, 1.54) is 38.0 Å². The molecule has 0 amide bonds. The maximum atomic E-state index is 5.51. The Hall–Kier alpha value is -0.900. The maximum absolute atomic E-state index is 5.51. The van der Waals surface area contributed by atoms with E-state index in [-0.39, 0.29) is 0 Å². The van der Waals surface area contributed by atoms with Crippen LogP contribution in [-0.2, 0) is 4.74 Å². The minimum atomic E-state index is 0.560. The highest BCUT2D eigenvalue weighted by Crippen LogP contribution is 2.26. The minimum Gasteiger partial charge on any atom is -0.379 e. The van der Waals surface area contributed by atoms with Crippen molar-refractivity contribution in [2.24, 2.45) is 0 Å². The standard InChI is InChI=1S/C16H24N2O/c1-2-4-14(5-3-1)15-6-9-18(12-15)10-7-16-13-19-11-8-17-16/h1-5,15-17H,6-13H2. The third-order valence-corrected chi connectivity index (χ3v) is 4.34. The van der Waals surface area contributed by atoms with Gasteiger partial charge in [-0.2, -0.15) is 0 Å². The SMILES string of the molecule is c1ccc(C2CCN(CCC3COCCN3)C2)cc1. The zero-order chi connectivity index (χ0) is 12.9. The molecular formula is C16H24N2O. The fraction of sp³-hybridized carbons (Fsp3) is 0.625. The molecule has 19 heavy (non-hydrogen) atoms. The molecule has 0 saturated carbocycles. The van der Waals surface area contributed by atoms with Crippen molar-refractivity contribution in [2.45, 2.75) is 24.8 Å². The Kier molecular flexibility index (Phi) is 4.49. The third kappa shape index (κ3) is 3.56. The number of benzene rings is 1. The van der Waals surface area contributed by atoms with E-state index in [4.69, 9.17) is 4.74 Å². The van der Waals surface area contributed by atoms with Gasteiger partial charge < -0.3 is 15.0 Å². The number of rotatable bonds is 4. The average Bonchev–Trinajstić information content (AvgIpc) is 2.96. The highest BCUT2D eigenvalue weighted by molar-refractivity contribution is 5.20. The summed E-state index contributed by atoms with van der Waals surface area (Å²) in [5.74, 6) is 0.733. The molecule has 0 aliphatic carbocycles. The minimum absolute atomic E-state index is 0.560. The van der Waals surface area contributed by atoms with Crippen molar-refractivity contribution in [1.82, 2.24) is 10.2 Å². The largest absolute Gasteiger partial charge is 0.379 e. The lowest BCUT2D eigenvalue weighted by Crippen LogP contribution is -2.43. The average molecular weight is 260 g/mol. The number of likely N-dealkylation sites (tertiary alicyclic amines) is 1. The molecule has 2 aliphatic heterocycles. The number of ether oxygens (including phenoxy) is 1. The summed E-state index contributed by atoms with van der Waals surface area (Å²) in [4.78, 5) is 2.61. The van der Waals surface area contributed by atoms with Crippen LogP contribution in [0, 0.1) is 0 Å². The van der Waals surface area contributed by atoms with Crippen LogP contribution in [-0.4, -0.2) is 50.3 Å². The molecule has 0 bridgehead atoms. The highest BCUT2D eigenvalue weighted by Gasteiger charge is 2.24. The second-order valence-electron chi connectivity index (χ2n) is 5.71. The van der Waals surface area contributed by atoms with Gasteiger partial charge in [0.25, 0.3) is 0 Å². The number of nitrogens with zero attached hydrogens (tertiary/aromatic N) is 1. The zero-order valence-corrected chi connectivity index (χ0v) is 11.6. The van der Waals surface area contributed by atoms with Crippen molar-refractivity contribution in [3.63, 3.8) is 0 Å². The van der Waals surface area contributed by atoms with Crippen LogP contribution >= 0.6 is 0 Å². The van der Waals surface area contributed by atoms with E-state index < -0.39 is 0 Å². The van der Waals surface area contributed by atoms with Gasteiger partial charge >= 0.3 is 0 Å². The van der Waals surface area contributed by atoms with Crippen molar-refractivity contribution in [2.75, 3.05) is 39.4 Å². The van der Waals surface area contributed by atoms with Crippen molar-refractivity contribution in [1.29, 1.82) is 0 Å². The number of hydrogen-bond acceptors (Lipinski definition) is 3. The lowest BCUT2D eigenvalue weighted by atomic mass is 9.99. The number of nitrogens with one attached hydrogen (secondary N) is 1. The second-order valence-corrected chi connectivity index (χ2v) is 5.71. The first-order valence-electron chi connectivity index (χ1n) is 7.50. The van der Waals surface area contributed by atoms with E-state index in [1.807, 2.05) is 0 Å². The predicted molar refractivity (Wildman–Crippen MR) is 77.5 cm³/mol. The predicted octanol–water partition coefficient (Wildman–Crippen LogP) is 1.85. The van der Waals surface area contributed by atoms with Gasteiger partial charge in [-0.15, -0.1) is 0 Å². The summed E-state index contributed by atoms with van der Waals surface area (Å²) in [6, 6.07) is 11.5. The molecule has 2 atom stereocenters. The van der Waals surface area contributed by atoms with Crippen LogP contribution < -0.4 is 5.32 Å². The number of morpholine rings is 1. The Morgan fingerprint density at radius 1 is 1.26 bits per heavy atom. The Morgan fingerprint density at radius 2 is 2.16 bits per heavy atom. The van der Waals surface area contributed by atoms with Gasteiger partial charge in [0.05, 0.1) is 13.2 Å². The van der Waals surface area contributed by atoms with E-state index in [1.54, 1.807) is 0 Å². The Bertz CT molecular complexity index is 376. The molecule has 104 valence electrons. The summed E-state index contributed by atoms with van der Waals surface area (Å²) < 4.78 is 5.51. The van der Waals surface area contributed by atoms with Gasteiger partial charge in [0, 0.05) is 19.1 Å². The van der Waals surface area contributed by atoms with Crippen molar-refractivity contribution in [3.8, 4) is 0 Å². The van der Waals surface area contributed by atoms with Crippen LogP contribution in [0.1, 0.15) is 24.3 Å². The molecule has 3 heteroatoms. The molecule has 3 rings (SSSR count). The Labute approximate surface area is 115 Å². The molecule has 2 aliphatic rings. The van der Waals surface area contributed by atoms with Gasteiger partial charge in [-0.05, 0) is 37.4 Å². The number of hydrogen-bond donors (Lipinski definition) is 1. The molecular weight excluding hydrogens is 236 g/mol. The van der Waals surface area contributed by atoms with Crippen molar-refractivity contribution < 1.29 is 4.74 Å². The normalized spacial score (nSPS) is 28.6. The van der Waals surface area contributed by atoms with Gasteiger partial charge in [-0.1, -0.05) is 30.3 Å². The molecule has 0 radical (unpaired) electrons. The van der Waals surface area contributed by atoms with Crippen LogP contribution in [0.15, 0.2) is 30.3 Å². The third-order valence-electron chi connectivity index (χ3n) is 4.34. The van der Waals surface area contributed by atoms with Gasteiger partial charge in [0.2, 0.25) is 0 Å². The summed E-state index contributed by atoms with van der Waals surface area (Å²) in [5, 5.41) is 3.53. The summed E-state index contributed by atoms with van der Waals surface area (Å²) in [6.07, 6.45) is 2.51. The summed E-state index contributed by atoms with van der Waals surface area (Å²) >= 11 is 0. The lowest BCUT2D eigenvalue weighted by Gasteiger charge is -2.26. The fourth-order valence-corrected chi connectivity index (χ4v) is 3.18. The van der Waals surface area contributed by atoms with Gasteiger partial charge in [0.1, 0.15) is 0 Å². The van der Waals surface area contributed by atoms with Gasteiger partial charge in [-0.3, -0.25) is 0 Å². The maximum Gasteiger partial charge on any atom is 0.0620 e. The Balaban J connectivity index is 1.44. The topological polar surface area (TPSA) is 24.5 Å². The fourth-order valence-electron chi connectivity index (χ4n) is 3.18. The second kappa shape index (κ2) is 6.51. The zero-order valence-electron chi connectivity index (χ0n) is 11.6. The summed E-state index contributed by atoms with van der Waals surface area (Å²) in [6.45, 7) is 6.43. The first-order valence-corrected chi connectivity index (χ1v) is 7.50. The monoisotopic (exact) mass is 260 g/mol. The van der Waals surface area contributed by atoms with Crippen LogP contribution in [0.3, 0.4) is 0 Å². The molecule has 2 heterocycles. The quantitative estimate of drug-likeness (QED) is 0.894. The molecule has 1 aromatic carbocycles. The molecule has 1 aromatic rings. The summed E-state index contributed by atoms with van der Waals surface area (Å²) in [5.41, 5.74) is 1.50. The van der Waals surface area contributed by atoms with Gasteiger partial charge in [-0.25, -0.2) is 0 Å². The highest BCUT2D eigenvalue weighted by atomic mass is 16.5. The van der Waals surface area contributed by atoms with Crippen LogP contribution in [0.5, 0.6) is 0 Å². The first kappa shape index (κ1) is 13.1. The van der Waals surface area contributed by atoms with E-state index in [0.717, 1.165) is 25.7 Å². The molecule has 2 unspecified atom stereocenters. The van der Waals surface area contributed by atoms with Crippen LogP contribution in [0.4, 0.5) is 0 Å². The van der Waals surface area contributed by atoms with Crippen LogP contribution in [0.25, 0.3) is 0 Å². The first-order chi connectivity index (χ1) is 9.42. The van der Waals surface area contributed by atoms with Crippen molar-refractivity contribution in [3.05, 3.63) is 35.9 Å². The van der Waals surface area contributed by atoms with Gasteiger partial charge in [0.15, 0.2) is 0 Å². The smallest absolute Gasteiger partial charge is 0.0620 e. The molecule has 0 aromatic heterocycles. The molecule has 2 saturated heterocycles. The molecule has 2 fully saturated rings. The Morgan fingerprint density at radius 3 is 2.95 bits per heavy atom. The van der Waals surface area contributed by atoms with Crippen LogP contribution in [0.2, 0.25) is 0 Å². The lowest BCUT2D eigenvalue weighted by molar-refractivity contribution is 0.0709.